The van der Waals surface area contributed by atoms with E-state index in [1.165, 1.54) is 18.2 Å². The third-order valence-corrected chi connectivity index (χ3v) is 3.10. The molecule has 0 atom stereocenters. The molecule has 3 rings (SSSR count). The zero-order valence-electron chi connectivity index (χ0n) is 10.1. The maximum absolute atomic E-state index is 12.3. The molecule has 0 aromatic heterocycles. The molecule has 2 aromatic rings. The van der Waals surface area contributed by atoms with Crippen LogP contribution in [-0.2, 0) is 0 Å². The third kappa shape index (κ3) is 1.76. The first-order chi connectivity index (χ1) is 9.58. The van der Waals surface area contributed by atoms with E-state index in [0.29, 0.717) is 11.1 Å². The number of hydrogen-bond donors (Lipinski definition) is 1. The molecule has 0 fully saturated rings. The van der Waals surface area contributed by atoms with E-state index >= 15 is 0 Å². The van der Waals surface area contributed by atoms with Crippen molar-refractivity contribution < 1.29 is 24.2 Å². The van der Waals surface area contributed by atoms with Crippen LogP contribution in [0.25, 0.3) is 0 Å². The summed E-state index contributed by atoms with van der Waals surface area (Å²) in [5.74, 6) is -0.556. The smallest absolute Gasteiger partial charge is 0.449 e. The van der Waals surface area contributed by atoms with Crippen LogP contribution >= 0.6 is 0 Å². The fourth-order valence-electron chi connectivity index (χ4n) is 2.24. The molecule has 0 radical (unpaired) electrons. The highest BCUT2D eigenvalue weighted by Gasteiger charge is 2.29. The Morgan fingerprint density at radius 3 is 2.00 bits per heavy atom. The minimum Gasteiger partial charge on any atom is -0.449 e. The molecule has 98 valence electrons. The molecule has 5 heteroatoms. The monoisotopic (exact) mass is 268 g/mol. The largest absolute Gasteiger partial charge is 0.511 e. The summed E-state index contributed by atoms with van der Waals surface area (Å²) in [5.41, 5.74) is 1.09. The van der Waals surface area contributed by atoms with Crippen LogP contribution in [0.2, 0.25) is 0 Å². The van der Waals surface area contributed by atoms with Crippen LogP contribution in [0.5, 0.6) is 5.75 Å². The van der Waals surface area contributed by atoms with Gasteiger partial charge in [-0.3, -0.25) is 9.59 Å². The number of fused-ring (bicyclic) bond motifs is 2. The summed E-state index contributed by atoms with van der Waals surface area (Å²) in [6.45, 7) is 0. The Hall–Kier alpha value is -2.95. The number of ketones is 2. The van der Waals surface area contributed by atoms with Crippen LogP contribution in [0.3, 0.4) is 0 Å². The highest BCUT2D eigenvalue weighted by Crippen LogP contribution is 2.29. The predicted octanol–water partition coefficient (Wildman–Crippen LogP) is 2.52. The van der Waals surface area contributed by atoms with E-state index in [4.69, 9.17) is 5.11 Å². The van der Waals surface area contributed by atoms with Gasteiger partial charge in [-0.15, -0.1) is 0 Å². The molecule has 0 saturated carbocycles. The number of ether oxygens (including phenoxy) is 1. The van der Waals surface area contributed by atoms with Gasteiger partial charge in [0.2, 0.25) is 0 Å². The van der Waals surface area contributed by atoms with E-state index in [1.807, 2.05) is 0 Å². The molecule has 1 N–H and O–H groups in total. The molecule has 0 unspecified atom stereocenters. The number of rotatable bonds is 1. The number of hydrogen-bond acceptors (Lipinski definition) is 4. The Bertz CT molecular complexity index is 761. The molecule has 0 heterocycles. The second-order valence-corrected chi connectivity index (χ2v) is 4.28. The molecule has 0 spiro atoms. The van der Waals surface area contributed by atoms with Gasteiger partial charge in [-0.1, -0.05) is 24.3 Å². The van der Waals surface area contributed by atoms with Crippen LogP contribution in [0.1, 0.15) is 31.8 Å². The van der Waals surface area contributed by atoms with E-state index in [9.17, 15) is 14.4 Å². The lowest BCUT2D eigenvalue weighted by Crippen LogP contribution is -2.20. The molecule has 0 saturated heterocycles. The topological polar surface area (TPSA) is 80.7 Å². The molecular weight excluding hydrogens is 260 g/mol. The third-order valence-electron chi connectivity index (χ3n) is 3.10. The van der Waals surface area contributed by atoms with E-state index < -0.39 is 6.16 Å². The second-order valence-electron chi connectivity index (χ2n) is 4.28. The van der Waals surface area contributed by atoms with E-state index in [0.717, 1.165) is 0 Å². The molecule has 20 heavy (non-hydrogen) atoms. The first kappa shape index (κ1) is 12.1. The molecule has 0 bridgehead atoms. The predicted molar refractivity (Wildman–Crippen MR) is 68.4 cm³/mol. The molecule has 1 aliphatic rings. The highest BCUT2D eigenvalue weighted by atomic mass is 16.7. The van der Waals surface area contributed by atoms with Gasteiger partial charge in [-0.25, -0.2) is 4.79 Å². The van der Waals surface area contributed by atoms with Crippen molar-refractivity contribution in [1.82, 2.24) is 0 Å². The Kier molecular flexibility index (Phi) is 2.61. The first-order valence-electron chi connectivity index (χ1n) is 5.81. The molecule has 1 aliphatic carbocycles. The average Bonchev–Trinajstić information content (AvgIpc) is 2.44. The van der Waals surface area contributed by atoms with Gasteiger partial charge in [0.1, 0.15) is 5.75 Å². The van der Waals surface area contributed by atoms with E-state index in [-0.39, 0.29) is 28.4 Å². The summed E-state index contributed by atoms with van der Waals surface area (Å²) >= 11 is 0. The Labute approximate surface area is 113 Å². The lowest BCUT2D eigenvalue weighted by atomic mass is 9.84. The van der Waals surface area contributed by atoms with Crippen LogP contribution in [0.15, 0.2) is 42.5 Å². The maximum atomic E-state index is 12.3. The summed E-state index contributed by atoms with van der Waals surface area (Å²) < 4.78 is 4.50. The maximum Gasteiger partial charge on any atom is 0.511 e. The van der Waals surface area contributed by atoms with Gasteiger partial charge >= 0.3 is 6.16 Å². The lowest BCUT2D eigenvalue weighted by Gasteiger charge is -2.17. The fourth-order valence-corrected chi connectivity index (χ4v) is 2.24. The quantitative estimate of drug-likeness (QED) is 0.541. The summed E-state index contributed by atoms with van der Waals surface area (Å²) in [7, 11) is 0. The van der Waals surface area contributed by atoms with Crippen molar-refractivity contribution in [2.75, 3.05) is 0 Å². The minimum atomic E-state index is -1.47. The Morgan fingerprint density at radius 1 is 0.850 bits per heavy atom. The summed E-state index contributed by atoms with van der Waals surface area (Å²) in [6.07, 6.45) is -1.47. The van der Waals surface area contributed by atoms with Crippen LogP contribution in [0.4, 0.5) is 4.79 Å². The second kappa shape index (κ2) is 4.31. The van der Waals surface area contributed by atoms with Gasteiger partial charge in [0.25, 0.3) is 0 Å². The van der Waals surface area contributed by atoms with Gasteiger partial charge in [0, 0.05) is 22.3 Å². The van der Waals surface area contributed by atoms with Gasteiger partial charge < -0.3 is 9.84 Å². The molecular formula is C15H8O5. The van der Waals surface area contributed by atoms with Crippen LogP contribution in [-0.4, -0.2) is 22.8 Å². The van der Waals surface area contributed by atoms with Crippen molar-refractivity contribution in [3.8, 4) is 5.75 Å². The fraction of sp³-hybridized carbons (Fsp3) is 0. The van der Waals surface area contributed by atoms with Crippen molar-refractivity contribution in [2.24, 2.45) is 0 Å². The normalized spacial score (nSPS) is 12.6. The van der Waals surface area contributed by atoms with Gasteiger partial charge in [-0.05, 0) is 18.2 Å². The minimum absolute atomic E-state index is 0.0109. The highest BCUT2D eigenvalue weighted by molar-refractivity contribution is 6.28. The summed E-state index contributed by atoms with van der Waals surface area (Å²) in [5, 5.41) is 8.57. The first-order valence-corrected chi connectivity index (χ1v) is 5.81. The van der Waals surface area contributed by atoms with Gasteiger partial charge in [-0.2, -0.15) is 0 Å². The zero-order chi connectivity index (χ0) is 14.3. The van der Waals surface area contributed by atoms with Gasteiger partial charge in [0.05, 0.1) is 0 Å². The number of carboxylic acid groups (broad SMARTS) is 1. The van der Waals surface area contributed by atoms with E-state index in [2.05, 4.69) is 4.74 Å². The van der Waals surface area contributed by atoms with Crippen molar-refractivity contribution in [3.63, 3.8) is 0 Å². The van der Waals surface area contributed by atoms with Crippen molar-refractivity contribution in [1.29, 1.82) is 0 Å². The standard InChI is InChI=1S/C15H8O5/c16-13-9-3-1-2-4-10(9)14(17)12-7-8(20-15(18)19)5-6-11(12)13/h1-7H,(H,18,19). The average molecular weight is 268 g/mol. The summed E-state index contributed by atoms with van der Waals surface area (Å²) in [4.78, 5) is 35.1. The summed E-state index contributed by atoms with van der Waals surface area (Å²) in [6, 6.07) is 10.6. The zero-order valence-corrected chi connectivity index (χ0v) is 10.1. The van der Waals surface area contributed by atoms with E-state index in [1.54, 1.807) is 24.3 Å². The Balaban J connectivity index is 2.16. The molecule has 0 aliphatic heterocycles. The van der Waals surface area contributed by atoms with Crippen LogP contribution < -0.4 is 4.74 Å². The number of benzene rings is 2. The van der Waals surface area contributed by atoms with Crippen molar-refractivity contribution in [2.45, 2.75) is 0 Å². The van der Waals surface area contributed by atoms with Crippen molar-refractivity contribution in [3.05, 3.63) is 64.7 Å². The molecule has 2 aromatic carbocycles. The van der Waals surface area contributed by atoms with Crippen LogP contribution in [0, 0.1) is 0 Å². The number of carbonyl (C=O) groups is 3. The van der Waals surface area contributed by atoms with Crippen molar-refractivity contribution >= 4 is 17.7 Å². The lowest BCUT2D eigenvalue weighted by molar-refractivity contribution is 0.0978. The number of carbonyl (C=O) groups excluding carboxylic acids is 2. The SMILES string of the molecule is O=C(O)Oc1ccc2c(c1)C(=O)c1ccccc1C2=O. The molecule has 5 nitrogen and oxygen atoms in total. The molecule has 0 amide bonds. The van der Waals surface area contributed by atoms with Gasteiger partial charge in [0.15, 0.2) is 11.6 Å². The Morgan fingerprint density at radius 2 is 1.40 bits per heavy atom.